The van der Waals surface area contributed by atoms with Crippen molar-refractivity contribution < 1.29 is 40.3 Å². The molecule has 6 heterocycles. The molecule has 1 spiro atoms. The number of anilines is 1. The minimum atomic E-state index is -3.58. The summed E-state index contributed by atoms with van der Waals surface area (Å²) in [5.74, 6) is -1.44. The van der Waals surface area contributed by atoms with Crippen molar-refractivity contribution in [1.82, 2.24) is 15.0 Å². The van der Waals surface area contributed by atoms with Crippen LogP contribution in [0.1, 0.15) is 44.0 Å². The molecule has 3 fully saturated rings. The fraction of sp³-hybridized carbons (Fsp3) is 0.448. The van der Waals surface area contributed by atoms with Gasteiger partial charge in [-0.2, -0.15) is 0 Å². The first-order valence-electron chi connectivity index (χ1n) is 14.0. The molecule has 0 aliphatic carbocycles. The third-order valence-electron chi connectivity index (χ3n) is 8.76. The van der Waals surface area contributed by atoms with Crippen LogP contribution in [-0.2, 0) is 25.0 Å². The highest BCUT2D eigenvalue weighted by Crippen LogP contribution is 2.51. The van der Waals surface area contributed by atoms with Crippen molar-refractivity contribution in [2.75, 3.05) is 30.4 Å². The zero-order chi connectivity index (χ0) is 31.0. The van der Waals surface area contributed by atoms with Gasteiger partial charge in [0, 0.05) is 24.4 Å². The number of furan rings is 1. The number of hydrogen-bond acceptors (Lipinski definition) is 10. The molecule has 3 saturated heterocycles. The molecular weight excluding hydrogens is 625 g/mol. The maximum atomic E-state index is 16.8. The van der Waals surface area contributed by atoms with Crippen LogP contribution in [0.25, 0.3) is 22.1 Å². The van der Waals surface area contributed by atoms with Gasteiger partial charge in [0.2, 0.25) is 5.88 Å². The molecule has 0 saturated carbocycles. The summed E-state index contributed by atoms with van der Waals surface area (Å²) in [6.07, 6.45) is -2.99. The molecule has 3 aliphatic rings. The highest BCUT2D eigenvalue weighted by molar-refractivity contribution is 7.93. The number of pyridine rings is 1. The topological polar surface area (TPSA) is 125 Å². The zero-order valence-corrected chi connectivity index (χ0v) is 24.9. The van der Waals surface area contributed by atoms with Crippen molar-refractivity contribution in [3.05, 3.63) is 52.9 Å². The second-order valence-corrected chi connectivity index (χ2v) is 14.6. The SMILES string of the molecule is CC(=O)[C@@H]1C[C@H](Oc2ncc(Cl)cc2[C@]2(F)CCS(=O)(=O)C3(COC3)C2)CN1c1nc(C(F)F)nc2c1oc1ccccc12. The van der Waals surface area contributed by atoms with E-state index in [-0.39, 0.29) is 83.9 Å². The lowest BCUT2D eigenvalue weighted by Gasteiger charge is -2.48. The average molecular weight is 651 g/mol. The van der Waals surface area contributed by atoms with Crippen LogP contribution in [0.4, 0.5) is 19.0 Å². The Balaban J connectivity index is 1.25. The van der Waals surface area contributed by atoms with Crippen molar-refractivity contribution in [2.45, 2.75) is 55.2 Å². The highest BCUT2D eigenvalue weighted by Gasteiger charge is 2.60. The van der Waals surface area contributed by atoms with Crippen molar-refractivity contribution >= 4 is 55.1 Å². The van der Waals surface area contributed by atoms with E-state index in [4.69, 9.17) is 25.5 Å². The minimum absolute atomic E-state index is 0.00523. The van der Waals surface area contributed by atoms with Crippen LogP contribution in [0.2, 0.25) is 5.02 Å². The molecule has 0 amide bonds. The van der Waals surface area contributed by atoms with Gasteiger partial charge in [-0.25, -0.2) is 36.5 Å². The molecule has 7 rings (SSSR count). The largest absolute Gasteiger partial charge is 0.472 e. The number of ketones is 1. The fourth-order valence-electron chi connectivity index (χ4n) is 6.45. The maximum Gasteiger partial charge on any atom is 0.297 e. The summed E-state index contributed by atoms with van der Waals surface area (Å²) >= 11 is 6.22. The molecule has 44 heavy (non-hydrogen) atoms. The highest BCUT2D eigenvalue weighted by atomic mass is 35.5. The zero-order valence-electron chi connectivity index (χ0n) is 23.3. The Kier molecular flexibility index (Phi) is 6.83. The number of ether oxygens (including phenoxy) is 2. The van der Waals surface area contributed by atoms with E-state index in [0.29, 0.717) is 11.0 Å². The van der Waals surface area contributed by atoms with Crippen molar-refractivity contribution in [2.24, 2.45) is 0 Å². The van der Waals surface area contributed by atoms with Crippen LogP contribution in [0.3, 0.4) is 0 Å². The van der Waals surface area contributed by atoms with E-state index in [1.807, 2.05) is 0 Å². The number of carbonyl (C=O) groups excluding carboxylic acids is 1. The first-order chi connectivity index (χ1) is 20.9. The first-order valence-corrected chi connectivity index (χ1v) is 16.0. The predicted molar refractivity (Wildman–Crippen MR) is 154 cm³/mol. The van der Waals surface area contributed by atoms with Gasteiger partial charge < -0.3 is 18.8 Å². The Morgan fingerprint density at radius 3 is 2.70 bits per heavy atom. The van der Waals surface area contributed by atoms with Gasteiger partial charge in [-0.3, -0.25) is 4.79 Å². The Bertz CT molecular complexity index is 1920. The molecular formula is C29H26ClF3N4O6S. The smallest absolute Gasteiger partial charge is 0.297 e. The number of alkyl halides is 3. The van der Waals surface area contributed by atoms with E-state index >= 15 is 4.39 Å². The number of aromatic nitrogens is 3. The number of fused-ring (bicyclic) bond motifs is 3. The van der Waals surface area contributed by atoms with E-state index in [9.17, 15) is 22.0 Å². The molecule has 1 aromatic carbocycles. The van der Waals surface area contributed by atoms with Crippen LogP contribution in [0, 0.1) is 0 Å². The fourth-order valence-corrected chi connectivity index (χ4v) is 8.61. The number of carbonyl (C=O) groups is 1. The monoisotopic (exact) mass is 650 g/mol. The van der Waals surface area contributed by atoms with Crippen LogP contribution in [0.5, 0.6) is 5.88 Å². The molecule has 0 radical (unpaired) electrons. The van der Waals surface area contributed by atoms with Gasteiger partial charge in [0.1, 0.15) is 27.6 Å². The van der Waals surface area contributed by atoms with Crippen LogP contribution >= 0.6 is 11.6 Å². The third kappa shape index (κ3) is 4.60. The Morgan fingerprint density at radius 2 is 2.00 bits per heavy atom. The Labute approximate surface area is 254 Å². The summed E-state index contributed by atoms with van der Waals surface area (Å²) in [6, 6.07) is 7.39. The molecule has 10 nitrogen and oxygen atoms in total. The number of rotatable bonds is 6. The van der Waals surface area contributed by atoms with Gasteiger partial charge in [0.05, 0.1) is 42.1 Å². The quantitative estimate of drug-likeness (QED) is 0.278. The lowest BCUT2D eigenvalue weighted by Crippen LogP contribution is -2.62. The normalized spacial score (nSPS) is 26.0. The standard InChI is InChI=1S/C29H26ClF3N4O6S/c1-15(38)20-9-17(11-37(20)26-23-22(35-25(36-26)24(31)32)18-4-2-3-5-21(18)43-23)42-27-19(8-16(30)10-34-27)29(33)6-7-44(39,40)28(12-29)13-41-14-28/h2-5,8,10,17,20,24H,6-7,9,11-14H2,1H3/t17-,20-,29-/m0/s1. The van der Waals surface area contributed by atoms with Crippen molar-refractivity contribution in [1.29, 1.82) is 0 Å². The molecule has 0 bridgehead atoms. The maximum absolute atomic E-state index is 16.8. The lowest BCUT2D eigenvalue weighted by atomic mass is 9.82. The predicted octanol–water partition coefficient (Wildman–Crippen LogP) is 5.12. The molecule has 3 aromatic heterocycles. The van der Waals surface area contributed by atoms with Crippen molar-refractivity contribution in [3.63, 3.8) is 0 Å². The Hall–Kier alpha value is -3.49. The second kappa shape index (κ2) is 10.3. The van der Waals surface area contributed by atoms with Crippen LogP contribution in [-0.4, -0.2) is 71.6 Å². The number of benzene rings is 1. The van der Waals surface area contributed by atoms with Crippen LogP contribution in [0.15, 0.2) is 40.9 Å². The lowest BCUT2D eigenvalue weighted by molar-refractivity contribution is -0.118. The van der Waals surface area contributed by atoms with Crippen molar-refractivity contribution in [3.8, 4) is 5.88 Å². The summed E-state index contributed by atoms with van der Waals surface area (Å²) in [7, 11) is -3.58. The van der Waals surface area contributed by atoms with Gasteiger partial charge >= 0.3 is 0 Å². The summed E-state index contributed by atoms with van der Waals surface area (Å²) in [5, 5.41) is 0.658. The third-order valence-corrected chi connectivity index (χ3v) is 11.4. The number of para-hydroxylation sites is 1. The Morgan fingerprint density at radius 1 is 1.23 bits per heavy atom. The summed E-state index contributed by atoms with van der Waals surface area (Å²) in [5.41, 5.74) is -1.37. The van der Waals surface area contributed by atoms with Crippen LogP contribution < -0.4 is 9.64 Å². The summed E-state index contributed by atoms with van der Waals surface area (Å²) < 4.78 is 86.3. The van der Waals surface area contributed by atoms with Gasteiger partial charge in [-0.1, -0.05) is 23.7 Å². The molecule has 15 heteroatoms. The molecule has 0 N–H and O–H groups in total. The summed E-state index contributed by atoms with van der Waals surface area (Å²) in [6.45, 7) is 1.18. The first kappa shape index (κ1) is 29.2. The van der Waals surface area contributed by atoms with E-state index in [1.54, 1.807) is 29.2 Å². The minimum Gasteiger partial charge on any atom is -0.472 e. The molecule has 3 aliphatic heterocycles. The molecule has 4 aromatic rings. The molecule has 3 atom stereocenters. The number of Topliss-reactive ketones (excluding diaryl/α,β-unsaturated/α-hetero) is 1. The van der Waals surface area contributed by atoms with Gasteiger partial charge in [0.25, 0.3) is 6.43 Å². The number of sulfone groups is 1. The van der Waals surface area contributed by atoms with Gasteiger partial charge in [0.15, 0.2) is 32.8 Å². The molecule has 0 unspecified atom stereocenters. The van der Waals surface area contributed by atoms with E-state index in [2.05, 4.69) is 15.0 Å². The number of hydrogen-bond donors (Lipinski definition) is 0. The van der Waals surface area contributed by atoms with E-state index in [0.717, 1.165) is 0 Å². The van der Waals surface area contributed by atoms with E-state index < -0.39 is 44.6 Å². The number of halogens is 4. The average Bonchev–Trinajstić information content (AvgIpc) is 3.56. The second-order valence-electron chi connectivity index (χ2n) is 11.6. The van der Waals surface area contributed by atoms with E-state index in [1.165, 1.54) is 19.2 Å². The molecule has 232 valence electrons. The van der Waals surface area contributed by atoms with Gasteiger partial charge in [-0.15, -0.1) is 0 Å². The number of nitrogens with zero attached hydrogens (tertiary/aromatic N) is 4. The van der Waals surface area contributed by atoms with Gasteiger partial charge in [-0.05, 0) is 31.5 Å². The summed E-state index contributed by atoms with van der Waals surface area (Å²) in [4.78, 5) is 26.8.